The number of rotatable bonds is 5. The van der Waals surface area contributed by atoms with Crippen LogP contribution in [0.25, 0.3) is 0 Å². The first kappa shape index (κ1) is 8.50. The molecule has 0 fully saturated rings. The third-order valence-corrected chi connectivity index (χ3v) is 1.16. The zero-order chi connectivity index (χ0) is 7.11. The molecule has 0 aromatic carbocycles. The summed E-state index contributed by atoms with van der Waals surface area (Å²) in [6.07, 6.45) is 2.31. The molecule has 0 aromatic rings. The Bertz CT molecular complexity index is 71.3. The third kappa shape index (κ3) is 5.37. The van der Waals surface area contributed by atoms with Crippen molar-refractivity contribution in [3.05, 3.63) is 12.8 Å². The van der Waals surface area contributed by atoms with Gasteiger partial charge in [-0.05, 0) is 12.3 Å². The van der Waals surface area contributed by atoms with Crippen LogP contribution in [0.15, 0.2) is 12.8 Å². The number of hydrogen-bond acceptors (Lipinski definition) is 2. The highest BCUT2D eigenvalue weighted by Crippen LogP contribution is 1.99. The molecular formula is C7H14O2. The van der Waals surface area contributed by atoms with Crippen LogP contribution in [0.3, 0.4) is 0 Å². The molecular weight excluding hydrogens is 116 g/mol. The number of ether oxygens (including phenoxy) is 1. The Morgan fingerprint density at radius 2 is 2.44 bits per heavy atom. The highest BCUT2D eigenvalue weighted by atomic mass is 16.5. The van der Waals surface area contributed by atoms with Gasteiger partial charge in [0.2, 0.25) is 0 Å². The largest absolute Gasteiger partial charge is 0.502 e. The molecule has 0 radical (unpaired) electrons. The van der Waals surface area contributed by atoms with E-state index in [4.69, 9.17) is 9.84 Å². The first-order chi connectivity index (χ1) is 4.31. The summed E-state index contributed by atoms with van der Waals surface area (Å²) in [7, 11) is 0. The van der Waals surface area contributed by atoms with Crippen molar-refractivity contribution >= 4 is 0 Å². The molecule has 9 heavy (non-hydrogen) atoms. The predicted octanol–water partition coefficient (Wildman–Crippen LogP) is 1.16. The molecule has 1 unspecified atom stereocenters. The van der Waals surface area contributed by atoms with Gasteiger partial charge in [0, 0.05) is 6.61 Å². The van der Waals surface area contributed by atoms with E-state index in [1.165, 1.54) is 6.26 Å². The molecule has 1 N–H and O–H groups in total. The lowest BCUT2D eigenvalue weighted by molar-refractivity contribution is 0.181. The average Bonchev–Trinajstić information content (AvgIpc) is 1.89. The van der Waals surface area contributed by atoms with Crippen molar-refractivity contribution < 1.29 is 9.84 Å². The van der Waals surface area contributed by atoms with Gasteiger partial charge in [0.15, 0.2) is 0 Å². The SMILES string of the molecule is C=COCCC(C)CO. The molecule has 0 rings (SSSR count). The van der Waals surface area contributed by atoms with Gasteiger partial charge >= 0.3 is 0 Å². The quantitative estimate of drug-likeness (QED) is 0.447. The van der Waals surface area contributed by atoms with Gasteiger partial charge in [-0.25, -0.2) is 0 Å². The number of hydrogen-bond donors (Lipinski definition) is 1. The number of aliphatic hydroxyl groups excluding tert-OH is 1. The number of aliphatic hydroxyl groups is 1. The summed E-state index contributed by atoms with van der Waals surface area (Å²) in [5.74, 6) is 0.338. The second-order valence-corrected chi connectivity index (χ2v) is 2.11. The molecule has 0 heterocycles. The van der Waals surface area contributed by atoms with Gasteiger partial charge in [0.05, 0.1) is 12.9 Å². The molecule has 0 amide bonds. The van der Waals surface area contributed by atoms with Crippen LogP contribution in [0.5, 0.6) is 0 Å². The van der Waals surface area contributed by atoms with Crippen LogP contribution in [0.1, 0.15) is 13.3 Å². The highest BCUT2D eigenvalue weighted by Gasteiger charge is 1.97. The van der Waals surface area contributed by atoms with E-state index in [1.807, 2.05) is 6.92 Å². The molecule has 0 aliphatic heterocycles. The Morgan fingerprint density at radius 1 is 1.78 bits per heavy atom. The molecule has 0 aliphatic rings. The van der Waals surface area contributed by atoms with Crippen molar-refractivity contribution in [1.29, 1.82) is 0 Å². The van der Waals surface area contributed by atoms with Crippen molar-refractivity contribution in [2.45, 2.75) is 13.3 Å². The van der Waals surface area contributed by atoms with E-state index in [0.717, 1.165) is 6.42 Å². The van der Waals surface area contributed by atoms with Crippen molar-refractivity contribution in [1.82, 2.24) is 0 Å². The molecule has 0 aliphatic carbocycles. The summed E-state index contributed by atoms with van der Waals surface area (Å²) < 4.78 is 4.86. The van der Waals surface area contributed by atoms with Gasteiger partial charge < -0.3 is 9.84 Å². The predicted molar refractivity (Wildman–Crippen MR) is 37.0 cm³/mol. The van der Waals surface area contributed by atoms with Gasteiger partial charge in [0.25, 0.3) is 0 Å². The second-order valence-electron chi connectivity index (χ2n) is 2.11. The van der Waals surface area contributed by atoms with Crippen LogP contribution in [0, 0.1) is 5.92 Å². The van der Waals surface area contributed by atoms with Gasteiger partial charge in [-0.15, -0.1) is 0 Å². The van der Waals surface area contributed by atoms with Crippen molar-refractivity contribution in [3.63, 3.8) is 0 Å². The Hall–Kier alpha value is -0.500. The highest BCUT2D eigenvalue weighted by molar-refractivity contribution is 4.52. The minimum atomic E-state index is 0.237. The monoisotopic (exact) mass is 130 g/mol. The van der Waals surface area contributed by atoms with E-state index < -0.39 is 0 Å². The Labute approximate surface area is 56.1 Å². The van der Waals surface area contributed by atoms with Crippen LogP contribution in [0.2, 0.25) is 0 Å². The molecule has 0 spiro atoms. The minimum absolute atomic E-state index is 0.237. The molecule has 2 heteroatoms. The van der Waals surface area contributed by atoms with E-state index >= 15 is 0 Å². The van der Waals surface area contributed by atoms with Crippen LogP contribution in [-0.2, 0) is 4.74 Å². The van der Waals surface area contributed by atoms with Crippen LogP contribution >= 0.6 is 0 Å². The Morgan fingerprint density at radius 3 is 2.89 bits per heavy atom. The Kier molecular flexibility index (Phi) is 5.32. The fourth-order valence-electron chi connectivity index (χ4n) is 0.444. The van der Waals surface area contributed by atoms with E-state index in [2.05, 4.69) is 6.58 Å². The first-order valence-corrected chi connectivity index (χ1v) is 3.14. The lowest BCUT2D eigenvalue weighted by atomic mass is 10.1. The molecule has 0 aromatic heterocycles. The zero-order valence-corrected chi connectivity index (χ0v) is 5.84. The summed E-state index contributed by atoms with van der Waals surface area (Å²) in [4.78, 5) is 0. The lowest BCUT2D eigenvalue weighted by Crippen LogP contribution is -2.03. The van der Waals surface area contributed by atoms with Gasteiger partial charge in [0.1, 0.15) is 0 Å². The first-order valence-electron chi connectivity index (χ1n) is 3.14. The molecule has 0 saturated heterocycles. The summed E-state index contributed by atoms with van der Waals surface area (Å²) in [6, 6.07) is 0. The average molecular weight is 130 g/mol. The summed E-state index contributed by atoms with van der Waals surface area (Å²) in [6.45, 7) is 6.27. The maximum atomic E-state index is 8.55. The second kappa shape index (κ2) is 5.63. The molecule has 2 nitrogen and oxygen atoms in total. The maximum absolute atomic E-state index is 8.55. The van der Waals surface area contributed by atoms with Crippen LogP contribution in [-0.4, -0.2) is 18.3 Å². The van der Waals surface area contributed by atoms with Gasteiger partial charge in [-0.2, -0.15) is 0 Å². The van der Waals surface area contributed by atoms with Crippen molar-refractivity contribution in [2.24, 2.45) is 5.92 Å². The standard InChI is InChI=1S/C7H14O2/c1-3-9-5-4-7(2)6-8/h3,7-8H,1,4-6H2,2H3. The van der Waals surface area contributed by atoms with E-state index in [0.29, 0.717) is 12.5 Å². The van der Waals surface area contributed by atoms with E-state index in [9.17, 15) is 0 Å². The maximum Gasteiger partial charge on any atom is 0.0876 e. The van der Waals surface area contributed by atoms with Crippen LogP contribution in [0.4, 0.5) is 0 Å². The smallest absolute Gasteiger partial charge is 0.0876 e. The van der Waals surface area contributed by atoms with Crippen LogP contribution < -0.4 is 0 Å². The zero-order valence-electron chi connectivity index (χ0n) is 5.84. The molecule has 54 valence electrons. The fraction of sp³-hybridized carbons (Fsp3) is 0.714. The molecule has 0 saturated carbocycles. The molecule has 1 atom stereocenters. The minimum Gasteiger partial charge on any atom is -0.502 e. The fourth-order valence-corrected chi connectivity index (χ4v) is 0.444. The summed E-state index contributed by atoms with van der Waals surface area (Å²) >= 11 is 0. The topological polar surface area (TPSA) is 29.5 Å². The summed E-state index contributed by atoms with van der Waals surface area (Å²) in [5.41, 5.74) is 0. The van der Waals surface area contributed by atoms with E-state index in [1.54, 1.807) is 0 Å². The normalized spacial score (nSPS) is 12.7. The lowest BCUT2D eigenvalue weighted by Gasteiger charge is -2.05. The summed E-state index contributed by atoms with van der Waals surface area (Å²) in [5, 5.41) is 8.55. The van der Waals surface area contributed by atoms with Crippen molar-refractivity contribution in [2.75, 3.05) is 13.2 Å². The van der Waals surface area contributed by atoms with Gasteiger partial charge in [-0.1, -0.05) is 13.5 Å². The Balaban J connectivity index is 2.96. The third-order valence-electron chi connectivity index (χ3n) is 1.16. The van der Waals surface area contributed by atoms with Crippen molar-refractivity contribution in [3.8, 4) is 0 Å². The van der Waals surface area contributed by atoms with E-state index in [-0.39, 0.29) is 6.61 Å². The molecule has 0 bridgehead atoms. The van der Waals surface area contributed by atoms with Gasteiger partial charge in [-0.3, -0.25) is 0 Å².